The van der Waals surface area contributed by atoms with Crippen molar-refractivity contribution < 1.29 is 31.1 Å². The summed E-state index contributed by atoms with van der Waals surface area (Å²) in [6.07, 6.45) is 0. The quantitative estimate of drug-likeness (QED) is 0.445. The molecule has 0 spiro atoms. The van der Waals surface area contributed by atoms with Crippen molar-refractivity contribution in [2.24, 2.45) is 0 Å². The number of benzene rings is 3. The molecule has 37 heavy (non-hydrogen) atoms. The van der Waals surface area contributed by atoms with Crippen molar-refractivity contribution in [1.82, 2.24) is 4.31 Å². The Bertz CT molecular complexity index is 1480. The van der Waals surface area contributed by atoms with Crippen molar-refractivity contribution in [1.29, 1.82) is 0 Å². The van der Waals surface area contributed by atoms with Crippen LogP contribution in [0.1, 0.15) is 15.9 Å². The fraction of sp³-hybridized carbons (Fsp3) is 0.240. The van der Waals surface area contributed by atoms with Crippen LogP contribution in [-0.4, -0.2) is 60.5 Å². The Morgan fingerprint density at radius 3 is 2.08 bits per heavy atom. The molecule has 0 saturated carbocycles. The summed E-state index contributed by atoms with van der Waals surface area (Å²) in [5, 5.41) is 2.66. The van der Waals surface area contributed by atoms with Crippen LogP contribution in [0.5, 0.6) is 5.75 Å². The number of carbonyl (C=O) groups is 1. The molecular formula is C25H27N3O7S2. The van der Waals surface area contributed by atoms with Crippen molar-refractivity contribution in [2.45, 2.75) is 16.7 Å². The fourth-order valence-corrected chi connectivity index (χ4v) is 6.21. The third-order valence-corrected chi connectivity index (χ3v) is 9.04. The first-order chi connectivity index (χ1) is 17.6. The Morgan fingerprint density at radius 1 is 0.865 bits per heavy atom. The van der Waals surface area contributed by atoms with E-state index in [1.165, 1.54) is 53.9 Å². The number of hydrogen-bond acceptors (Lipinski definition) is 7. The van der Waals surface area contributed by atoms with Gasteiger partial charge in [-0.25, -0.2) is 16.8 Å². The van der Waals surface area contributed by atoms with E-state index in [1.807, 2.05) is 6.92 Å². The molecule has 0 aromatic heterocycles. The fourth-order valence-electron chi connectivity index (χ4n) is 3.71. The normalized spacial score (nSPS) is 14.6. The Kier molecular flexibility index (Phi) is 7.83. The van der Waals surface area contributed by atoms with Gasteiger partial charge >= 0.3 is 0 Å². The van der Waals surface area contributed by atoms with Gasteiger partial charge in [0.05, 0.1) is 35.7 Å². The molecule has 1 aliphatic rings. The van der Waals surface area contributed by atoms with E-state index in [1.54, 1.807) is 24.3 Å². The van der Waals surface area contributed by atoms with Gasteiger partial charge in [0.1, 0.15) is 5.75 Å². The molecule has 0 bridgehead atoms. The summed E-state index contributed by atoms with van der Waals surface area (Å²) in [5.74, 6) is -0.413. The first-order valence-electron chi connectivity index (χ1n) is 11.4. The maximum atomic E-state index is 13.0. The van der Waals surface area contributed by atoms with E-state index in [4.69, 9.17) is 9.47 Å². The SMILES string of the molecule is COc1ccc(S(=O)(=O)N2CCOCC2)cc1C(=O)Nc1ccc(S(=O)(=O)Nc2ccc(C)cc2)cc1. The lowest BCUT2D eigenvalue weighted by Crippen LogP contribution is -2.40. The molecule has 0 aliphatic carbocycles. The average Bonchev–Trinajstić information content (AvgIpc) is 2.90. The molecule has 1 aliphatic heterocycles. The highest BCUT2D eigenvalue weighted by atomic mass is 32.2. The van der Waals surface area contributed by atoms with Gasteiger partial charge in [0.2, 0.25) is 10.0 Å². The molecule has 1 saturated heterocycles. The van der Waals surface area contributed by atoms with Gasteiger partial charge in [-0.05, 0) is 61.5 Å². The van der Waals surface area contributed by atoms with Gasteiger partial charge < -0.3 is 14.8 Å². The number of hydrogen-bond donors (Lipinski definition) is 2. The smallest absolute Gasteiger partial charge is 0.261 e. The van der Waals surface area contributed by atoms with Crippen LogP contribution in [0, 0.1) is 6.92 Å². The van der Waals surface area contributed by atoms with E-state index in [0.717, 1.165) is 5.56 Å². The predicted molar refractivity (Wildman–Crippen MR) is 139 cm³/mol. The predicted octanol–water partition coefficient (Wildman–Crippen LogP) is 3.08. The van der Waals surface area contributed by atoms with Gasteiger partial charge in [-0.15, -0.1) is 0 Å². The number of nitrogens with one attached hydrogen (secondary N) is 2. The van der Waals surface area contributed by atoms with Crippen LogP contribution in [0.3, 0.4) is 0 Å². The van der Waals surface area contributed by atoms with E-state index in [0.29, 0.717) is 24.6 Å². The zero-order valence-corrected chi connectivity index (χ0v) is 21.9. The molecule has 12 heteroatoms. The number of amides is 1. The minimum Gasteiger partial charge on any atom is -0.496 e. The summed E-state index contributed by atoms with van der Waals surface area (Å²) < 4.78 is 65.8. The topological polar surface area (TPSA) is 131 Å². The summed E-state index contributed by atoms with van der Waals surface area (Å²) in [6, 6.07) is 16.6. The van der Waals surface area contributed by atoms with Gasteiger partial charge in [0, 0.05) is 24.5 Å². The summed E-state index contributed by atoms with van der Waals surface area (Å²) in [5.41, 5.74) is 1.78. The lowest BCUT2D eigenvalue weighted by Gasteiger charge is -2.26. The molecule has 0 atom stereocenters. The number of ether oxygens (including phenoxy) is 2. The molecule has 3 aromatic carbocycles. The van der Waals surface area contributed by atoms with Crippen LogP contribution >= 0.6 is 0 Å². The van der Waals surface area contributed by atoms with Crippen molar-refractivity contribution in [2.75, 3.05) is 43.5 Å². The number of nitrogens with zero attached hydrogens (tertiary/aromatic N) is 1. The van der Waals surface area contributed by atoms with Crippen LogP contribution in [0.25, 0.3) is 0 Å². The highest BCUT2D eigenvalue weighted by Crippen LogP contribution is 2.26. The van der Waals surface area contributed by atoms with E-state index in [2.05, 4.69) is 10.0 Å². The second-order valence-corrected chi connectivity index (χ2v) is 11.9. The van der Waals surface area contributed by atoms with Crippen LogP contribution < -0.4 is 14.8 Å². The van der Waals surface area contributed by atoms with E-state index in [-0.39, 0.29) is 34.2 Å². The number of sulfonamides is 2. The standard InChI is InChI=1S/C25H27N3O7S2/c1-18-3-5-20(6-4-18)27-36(30,31)21-9-7-19(8-10-21)26-25(29)23-17-22(11-12-24(23)34-2)37(32,33)28-13-15-35-16-14-28/h3-12,17,27H,13-16H2,1-2H3,(H,26,29). The molecule has 0 radical (unpaired) electrons. The number of anilines is 2. The minimum absolute atomic E-state index is 0.0160. The maximum absolute atomic E-state index is 13.0. The van der Waals surface area contributed by atoms with Crippen LogP contribution in [-0.2, 0) is 24.8 Å². The summed E-state index contributed by atoms with van der Waals surface area (Å²) >= 11 is 0. The third-order valence-electron chi connectivity index (χ3n) is 5.75. The molecule has 1 heterocycles. The van der Waals surface area contributed by atoms with Crippen LogP contribution in [0.4, 0.5) is 11.4 Å². The summed E-state index contributed by atoms with van der Waals surface area (Å²) in [6.45, 7) is 2.96. The first-order valence-corrected chi connectivity index (χ1v) is 14.3. The van der Waals surface area contributed by atoms with Gasteiger partial charge in [-0.3, -0.25) is 9.52 Å². The highest BCUT2D eigenvalue weighted by Gasteiger charge is 2.28. The van der Waals surface area contributed by atoms with Gasteiger partial charge in [-0.1, -0.05) is 17.7 Å². The van der Waals surface area contributed by atoms with Crippen LogP contribution in [0.15, 0.2) is 76.5 Å². The van der Waals surface area contributed by atoms with Gasteiger partial charge in [-0.2, -0.15) is 4.31 Å². The summed E-state index contributed by atoms with van der Waals surface area (Å²) in [7, 11) is -6.27. The van der Waals surface area contributed by atoms with Crippen molar-refractivity contribution >= 4 is 37.3 Å². The van der Waals surface area contributed by atoms with Gasteiger partial charge in [0.25, 0.3) is 15.9 Å². The molecule has 10 nitrogen and oxygen atoms in total. The average molecular weight is 546 g/mol. The number of carbonyl (C=O) groups excluding carboxylic acids is 1. The first kappa shape index (κ1) is 26.6. The molecule has 3 aromatic rings. The van der Waals surface area contributed by atoms with E-state index in [9.17, 15) is 21.6 Å². The van der Waals surface area contributed by atoms with E-state index >= 15 is 0 Å². The molecule has 196 valence electrons. The van der Waals surface area contributed by atoms with Crippen molar-refractivity contribution in [3.8, 4) is 5.75 Å². The lowest BCUT2D eigenvalue weighted by atomic mass is 10.2. The Morgan fingerprint density at radius 2 is 1.46 bits per heavy atom. The molecule has 1 fully saturated rings. The number of aryl methyl sites for hydroxylation is 1. The zero-order chi connectivity index (χ0) is 26.6. The number of morpholine rings is 1. The van der Waals surface area contributed by atoms with Gasteiger partial charge in [0.15, 0.2) is 0 Å². The van der Waals surface area contributed by atoms with E-state index < -0.39 is 26.0 Å². The number of rotatable bonds is 8. The van der Waals surface area contributed by atoms with Crippen LogP contribution in [0.2, 0.25) is 0 Å². The third kappa shape index (κ3) is 6.10. The minimum atomic E-state index is -3.83. The van der Waals surface area contributed by atoms with Crippen molar-refractivity contribution in [3.63, 3.8) is 0 Å². The molecular weight excluding hydrogens is 518 g/mol. The second kappa shape index (κ2) is 10.9. The Balaban J connectivity index is 1.52. The monoisotopic (exact) mass is 545 g/mol. The largest absolute Gasteiger partial charge is 0.496 e. The molecule has 4 rings (SSSR count). The highest BCUT2D eigenvalue weighted by molar-refractivity contribution is 7.92. The molecule has 2 N–H and O–H groups in total. The number of methoxy groups -OCH3 is 1. The maximum Gasteiger partial charge on any atom is 0.261 e. The summed E-state index contributed by atoms with van der Waals surface area (Å²) in [4.78, 5) is 13.0. The van der Waals surface area contributed by atoms with Crippen molar-refractivity contribution in [3.05, 3.63) is 77.9 Å². The molecule has 1 amide bonds. The lowest BCUT2D eigenvalue weighted by molar-refractivity contribution is 0.0730. The molecule has 0 unspecified atom stereocenters. The Hall–Kier alpha value is -3.45. The second-order valence-electron chi connectivity index (χ2n) is 8.33. The Labute approximate surface area is 216 Å². The zero-order valence-electron chi connectivity index (χ0n) is 20.3.